The van der Waals surface area contributed by atoms with E-state index in [9.17, 15) is 0 Å². The number of rotatable bonds is 2. The van der Waals surface area contributed by atoms with E-state index >= 15 is 0 Å². The van der Waals surface area contributed by atoms with Gasteiger partial charge in [0.15, 0.2) is 5.96 Å². The largest absolute Gasteiger partial charge is 0.354 e. The first kappa shape index (κ1) is 11.7. The third-order valence-corrected chi connectivity index (χ3v) is 5.07. The maximum Gasteiger partial charge on any atom is 0.195 e. The van der Waals surface area contributed by atoms with Crippen molar-refractivity contribution in [3.05, 3.63) is 46.2 Å². The van der Waals surface area contributed by atoms with Crippen LogP contribution in [0.1, 0.15) is 0 Å². The van der Waals surface area contributed by atoms with Crippen LogP contribution in [-0.4, -0.2) is 19.0 Å². The maximum absolute atomic E-state index is 5.96. The lowest BCUT2D eigenvalue weighted by Crippen LogP contribution is -2.26. The molecule has 0 fully saturated rings. The Labute approximate surface area is 114 Å². The van der Waals surface area contributed by atoms with Crippen LogP contribution < -0.4 is 10.6 Å². The zero-order chi connectivity index (χ0) is 12.4. The van der Waals surface area contributed by atoms with Crippen molar-refractivity contribution in [2.45, 2.75) is 4.90 Å². The predicted octanol–water partition coefficient (Wildman–Crippen LogP) is 3.03. The molecule has 2 heterocycles. The molecule has 1 atom stereocenters. The molecule has 0 aliphatic carbocycles. The van der Waals surface area contributed by atoms with Crippen molar-refractivity contribution in [3.63, 3.8) is 0 Å². The minimum Gasteiger partial charge on any atom is -0.354 e. The van der Waals surface area contributed by atoms with Crippen LogP contribution in [0.2, 0.25) is 0 Å². The first-order chi connectivity index (χ1) is 8.81. The fourth-order valence-corrected chi connectivity index (χ4v) is 3.91. The number of anilines is 1. The number of hydrogen-bond donors (Lipinski definition) is 3. The van der Waals surface area contributed by atoms with Crippen LogP contribution in [-0.2, 0) is 0 Å². The van der Waals surface area contributed by atoms with Gasteiger partial charge >= 0.3 is 0 Å². The third-order valence-electron chi connectivity index (χ3n) is 2.76. The smallest absolute Gasteiger partial charge is 0.195 e. The zero-order valence-electron chi connectivity index (χ0n) is 9.73. The van der Waals surface area contributed by atoms with Gasteiger partial charge in [0.2, 0.25) is 0 Å². The average molecular weight is 280 g/mol. The number of halogens is 1. The van der Waals surface area contributed by atoms with Crippen LogP contribution in [0.5, 0.6) is 0 Å². The molecule has 18 heavy (non-hydrogen) atoms. The second-order valence-electron chi connectivity index (χ2n) is 4.07. The zero-order valence-corrected chi connectivity index (χ0v) is 11.4. The monoisotopic (exact) mass is 279 g/mol. The Balaban J connectivity index is 1.71. The van der Waals surface area contributed by atoms with Crippen molar-refractivity contribution < 1.29 is 0 Å². The van der Waals surface area contributed by atoms with Crippen LogP contribution in [0.4, 0.5) is 5.69 Å². The number of hydrogen-bond acceptors (Lipinski definition) is 3. The first-order valence-corrected chi connectivity index (χ1v) is 7.66. The summed E-state index contributed by atoms with van der Waals surface area (Å²) >= 11 is 5.96. The molecular weight excluding hydrogens is 266 g/mol. The summed E-state index contributed by atoms with van der Waals surface area (Å²) in [6.07, 6.45) is 1.97. The number of allylic oxidation sites excluding steroid dienone is 2. The molecule has 0 saturated carbocycles. The maximum atomic E-state index is 5.96. The lowest BCUT2D eigenvalue weighted by molar-refractivity contribution is 0.959. The Kier molecular flexibility index (Phi) is 3.30. The molecule has 0 bridgehead atoms. The van der Waals surface area contributed by atoms with Crippen molar-refractivity contribution in [2.75, 3.05) is 18.4 Å². The van der Waals surface area contributed by atoms with E-state index in [0.717, 1.165) is 29.8 Å². The van der Waals surface area contributed by atoms with E-state index in [1.165, 1.54) is 4.90 Å². The Hall–Kier alpha value is -1.39. The van der Waals surface area contributed by atoms with Gasteiger partial charge in [0.1, 0.15) is 0 Å². The van der Waals surface area contributed by atoms with Crippen LogP contribution in [0, 0.1) is 0 Å². The van der Waals surface area contributed by atoms with Gasteiger partial charge in [0.05, 0.1) is 6.54 Å². The predicted molar refractivity (Wildman–Crippen MR) is 80.7 cm³/mol. The summed E-state index contributed by atoms with van der Waals surface area (Å²) in [5, 5.41) is 11.6. The highest BCUT2D eigenvalue weighted by atomic mass is 35.5. The van der Waals surface area contributed by atoms with Crippen LogP contribution in [0.25, 0.3) is 0 Å². The van der Waals surface area contributed by atoms with Gasteiger partial charge in [-0.15, -0.1) is 0 Å². The van der Waals surface area contributed by atoms with Crippen molar-refractivity contribution in [1.29, 1.82) is 0 Å². The normalized spacial score (nSPS) is 23.5. The SMILES string of the molecule is ClC1=C[SH](c2ccc(NC3=NCCN3)cc2)C=C1. The molecule has 1 aromatic carbocycles. The molecular formula is C13H14ClN3S. The summed E-state index contributed by atoms with van der Waals surface area (Å²) in [5.74, 6) is 0.858. The number of nitrogens with one attached hydrogen (secondary N) is 2. The quantitative estimate of drug-likeness (QED) is 0.728. The van der Waals surface area contributed by atoms with Crippen molar-refractivity contribution in [2.24, 2.45) is 4.99 Å². The second-order valence-corrected chi connectivity index (χ2v) is 6.39. The van der Waals surface area contributed by atoms with Crippen LogP contribution >= 0.6 is 22.5 Å². The van der Waals surface area contributed by atoms with E-state index in [2.05, 4.69) is 50.7 Å². The van der Waals surface area contributed by atoms with E-state index in [1.807, 2.05) is 6.08 Å². The molecule has 2 aliphatic rings. The van der Waals surface area contributed by atoms with E-state index in [1.54, 1.807) is 0 Å². The van der Waals surface area contributed by atoms with Crippen LogP contribution in [0.3, 0.4) is 0 Å². The standard InChI is InChI=1S/C13H14ClN3S/c14-10-5-8-18(9-10)12-3-1-11(2-4-12)17-13-15-6-7-16-13/h1-5,8-9,18H,6-7H2,(H2,15,16,17). The Morgan fingerprint density at radius 3 is 2.72 bits per heavy atom. The van der Waals surface area contributed by atoms with Gasteiger partial charge in [-0.05, 0) is 46.1 Å². The summed E-state index contributed by atoms with van der Waals surface area (Å²) in [5.41, 5.74) is 1.06. The molecule has 2 N–H and O–H groups in total. The molecule has 0 saturated heterocycles. The van der Waals surface area contributed by atoms with Gasteiger partial charge in [-0.1, -0.05) is 11.6 Å². The van der Waals surface area contributed by atoms with Gasteiger partial charge in [0, 0.05) is 17.3 Å². The topological polar surface area (TPSA) is 36.4 Å². The molecule has 0 amide bonds. The molecule has 3 rings (SSSR count). The Morgan fingerprint density at radius 2 is 2.11 bits per heavy atom. The molecule has 0 aromatic heterocycles. The molecule has 5 heteroatoms. The number of aliphatic imine (C=N–C) groups is 1. The van der Waals surface area contributed by atoms with Crippen LogP contribution in [0.15, 0.2) is 56.1 Å². The molecule has 1 unspecified atom stereocenters. The molecule has 0 spiro atoms. The average Bonchev–Trinajstić information content (AvgIpc) is 3.02. The summed E-state index contributed by atoms with van der Waals surface area (Å²) in [7, 11) is -0.355. The fraction of sp³-hybridized carbons (Fsp3) is 0.154. The number of benzene rings is 1. The second kappa shape index (κ2) is 5.08. The van der Waals surface area contributed by atoms with E-state index in [4.69, 9.17) is 11.6 Å². The highest BCUT2D eigenvalue weighted by molar-refractivity contribution is 8.22. The Bertz CT molecular complexity index is 534. The van der Waals surface area contributed by atoms with Gasteiger partial charge in [-0.25, -0.2) is 0 Å². The molecule has 0 radical (unpaired) electrons. The first-order valence-electron chi connectivity index (χ1n) is 5.80. The lowest BCUT2D eigenvalue weighted by Gasteiger charge is -2.12. The number of guanidine groups is 1. The van der Waals surface area contributed by atoms with Crippen molar-refractivity contribution in [3.8, 4) is 0 Å². The van der Waals surface area contributed by atoms with Crippen molar-refractivity contribution >= 4 is 34.1 Å². The highest BCUT2D eigenvalue weighted by Gasteiger charge is 2.08. The highest BCUT2D eigenvalue weighted by Crippen LogP contribution is 2.45. The molecule has 2 aliphatic heterocycles. The summed E-state index contributed by atoms with van der Waals surface area (Å²) in [6.45, 7) is 1.76. The minimum atomic E-state index is -0.355. The van der Waals surface area contributed by atoms with E-state index in [0.29, 0.717) is 0 Å². The summed E-state index contributed by atoms with van der Waals surface area (Å²) in [6, 6.07) is 8.43. The van der Waals surface area contributed by atoms with Crippen molar-refractivity contribution in [1.82, 2.24) is 5.32 Å². The summed E-state index contributed by atoms with van der Waals surface area (Å²) < 4.78 is 0. The van der Waals surface area contributed by atoms with Gasteiger partial charge in [0.25, 0.3) is 0 Å². The van der Waals surface area contributed by atoms with E-state index in [-0.39, 0.29) is 10.9 Å². The summed E-state index contributed by atoms with van der Waals surface area (Å²) in [4.78, 5) is 5.61. The third kappa shape index (κ3) is 2.54. The molecule has 1 aromatic rings. The molecule has 3 nitrogen and oxygen atoms in total. The minimum absolute atomic E-state index is 0.355. The van der Waals surface area contributed by atoms with E-state index < -0.39 is 0 Å². The fourth-order valence-electron chi connectivity index (χ4n) is 1.87. The lowest BCUT2D eigenvalue weighted by atomic mass is 10.3. The van der Waals surface area contributed by atoms with Gasteiger partial charge in [-0.3, -0.25) is 4.99 Å². The van der Waals surface area contributed by atoms with Gasteiger partial charge in [-0.2, -0.15) is 10.9 Å². The van der Waals surface area contributed by atoms with Gasteiger partial charge < -0.3 is 10.6 Å². The number of nitrogens with zero attached hydrogens (tertiary/aromatic N) is 1. The Morgan fingerprint density at radius 1 is 1.28 bits per heavy atom. The molecule has 94 valence electrons. The number of thiol groups is 1.